The lowest BCUT2D eigenvalue weighted by Crippen LogP contribution is -2.36. The minimum absolute atomic E-state index is 0.149. The average Bonchev–Trinajstić information content (AvgIpc) is 2.73. The minimum atomic E-state index is -0.149. The highest BCUT2D eigenvalue weighted by Gasteiger charge is 2.40. The first-order chi connectivity index (χ1) is 13.6. The number of carbonyl (C=O) groups is 1. The fourth-order valence-corrected chi connectivity index (χ4v) is 4.73. The maximum absolute atomic E-state index is 10.7. The van der Waals surface area contributed by atoms with Crippen LogP contribution in [0, 0.1) is 11.3 Å². The van der Waals surface area contributed by atoms with Crippen molar-refractivity contribution in [1.82, 2.24) is 4.90 Å². The maximum atomic E-state index is 10.7. The average molecular weight is 384 g/mol. The van der Waals surface area contributed by atoms with Crippen molar-refractivity contribution in [2.24, 2.45) is 11.3 Å². The molecule has 3 rings (SSSR count). The van der Waals surface area contributed by atoms with Crippen molar-refractivity contribution >= 4 is 6.47 Å². The maximum Gasteiger partial charge on any atom is 0.293 e. The topological polar surface area (TPSA) is 38.8 Å². The molecule has 28 heavy (non-hydrogen) atoms. The van der Waals surface area contributed by atoms with Crippen LogP contribution in [-0.4, -0.2) is 44.3 Å². The number of carbonyl (C=O) groups excluding carboxylic acids is 1. The van der Waals surface area contributed by atoms with E-state index in [1.165, 1.54) is 16.7 Å². The predicted molar refractivity (Wildman–Crippen MR) is 112 cm³/mol. The van der Waals surface area contributed by atoms with Crippen molar-refractivity contribution in [2.75, 3.05) is 32.9 Å². The van der Waals surface area contributed by atoms with Crippen LogP contribution in [0.25, 0.3) is 0 Å². The van der Waals surface area contributed by atoms with Gasteiger partial charge in [0.25, 0.3) is 6.47 Å². The molecule has 0 bridgehead atoms. The fourth-order valence-electron chi connectivity index (χ4n) is 4.73. The smallest absolute Gasteiger partial charge is 0.293 e. The van der Waals surface area contributed by atoms with E-state index in [-0.39, 0.29) is 5.41 Å². The van der Waals surface area contributed by atoms with Crippen LogP contribution in [0.1, 0.15) is 43.2 Å². The lowest BCUT2D eigenvalue weighted by Gasteiger charge is -2.43. The Morgan fingerprint density at radius 1 is 1.32 bits per heavy atom. The molecule has 1 aromatic rings. The molecule has 0 aromatic heterocycles. The number of nitrogens with zero attached hydrogens (tertiary/aromatic N) is 1. The number of hydrogen-bond acceptors (Lipinski definition) is 4. The summed E-state index contributed by atoms with van der Waals surface area (Å²) in [5.74, 6) is 0.825. The van der Waals surface area contributed by atoms with Gasteiger partial charge in [-0.15, -0.1) is 6.58 Å². The molecule has 1 aliphatic heterocycles. The molecule has 1 heterocycles. The molecule has 1 aromatic carbocycles. The Hall–Kier alpha value is -1.91. The highest BCUT2D eigenvalue weighted by atomic mass is 16.5. The van der Waals surface area contributed by atoms with Gasteiger partial charge in [-0.25, -0.2) is 0 Å². The van der Waals surface area contributed by atoms with Crippen LogP contribution in [0.5, 0.6) is 0 Å². The van der Waals surface area contributed by atoms with Crippen LogP contribution >= 0.6 is 0 Å². The molecule has 1 saturated heterocycles. The van der Waals surface area contributed by atoms with Crippen LogP contribution in [0.2, 0.25) is 0 Å². The number of hydrogen-bond donors (Lipinski definition) is 0. The molecule has 3 atom stereocenters. The summed E-state index contributed by atoms with van der Waals surface area (Å²) in [5.41, 5.74) is 3.77. The molecule has 0 unspecified atom stereocenters. The zero-order valence-corrected chi connectivity index (χ0v) is 17.1. The molecule has 2 aliphatic rings. The third kappa shape index (κ3) is 4.92. The fraction of sp³-hybridized carbons (Fsp3) is 0.542. The van der Waals surface area contributed by atoms with Gasteiger partial charge in [-0.05, 0) is 49.1 Å². The van der Waals surface area contributed by atoms with Crippen molar-refractivity contribution in [2.45, 2.75) is 38.6 Å². The van der Waals surface area contributed by atoms with Gasteiger partial charge in [0.2, 0.25) is 0 Å². The molecule has 4 nitrogen and oxygen atoms in total. The van der Waals surface area contributed by atoms with E-state index in [4.69, 9.17) is 9.47 Å². The molecule has 1 saturated carbocycles. The van der Waals surface area contributed by atoms with Gasteiger partial charge < -0.3 is 9.47 Å². The van der Waals surface area contributed by atoms with Crippen molar-refractivity contribution in [3.05, 3.63) is 60.2 Å². The van der Waals surface area contributed by atoms with E-state index in [9.17, 15) is 4.79 Å². The van der Waals surface area contributed by atoms with Gasteiger partial charge in [0.05, 0.1) is 13.2 Å². The summed E-state index contributed by atoms with van der Waals surface area (Å²) in [6.07, 6.45) is 4.95. The van der Waals surface area contributed by atoms with Gasteiger partial charge in [0.15, 0.2) is 0 Å². The summed E-state index contributed by atoms with van der Waals surface area (Å²) in [5, 5.41) is 0. The largest absolute Gasteiger partial charge is 0.467 e. The Balaban J connectivity index is 1.75. The van der Waals surface area contributed by atoms with Gasteiger partial charge in [-0.1, -0.05) is 42.5 Å². The lowest BCUT2D eigenvalue weighted by molar-refractivity contribution is -0.132. The first kappa shape index (κ1) is 20.8. The lowest BCUT2D eigenvalue weighted by atomic mass is 9.62. The molecule has 0 radical (unpaired) electrons. The SMILES string of the molecule is C=C[C@]1(COC=O)CC[C@@H](C(=C)C)[C@H](c2ccc(CN3CCOCC3)cc2)C1. The van der Waals surface area contributed by atoms with Crippen LogP contribution in [-0.2, 0) is 20.8 Å². The summed E-state index contributed by atoms with van der Waals surface area (Å²) in [6, 6.07) is 9.06. The normalized spacial score (nSPS) is 28.5. The Morgan fingerprint density at radius 3 is 2.64 bits per heavy atom. The molecule has 1 aliphatic carbocycles. The first-order valence-electron chi connectivity index (χ1n) is 10.3. The standard InChI is InChI=1S/C24H33NO3/c1-4-24(17-28-18-26)10-9-22(19(2)3)23(15-24)21-7-5-20(6-8-21)16-25-11-13-27-14-12-25/h4-8,18,22-23H,1-2,9-17H2,3H3/t22-,23-,24-/m0/s1. The molecule has 152 valence electrons. The van der Waals surface area contributed by atoms with E-state index >= 15 is 0 Å². The van der Waals surface area contributed by atoms with E-state index in [0.29, 0.717) is 24.9 Å². The summed E-state index contributed by atoms with van der Waals surface area (Å²) >= 11 is 0. The second-order valence-corrected chi connectivity index (χ2v) is 8.41. The van der Waals surface area contributed by atoms with E-state index in [1.807, 2.05) is 6.08 Å². The monoisotopic (exact) mass is 383 g/mol. The zero-order chi connectivity index (χ0) is 20.0. The molecule has 0 spiro atoms. The van der Waals surface area contributed by atoms with Crippen LogP contribution in [0.3, 0.4) is 0 Å². The molecular formula is C24H33NO3. The van der Waals surface area contributed by atoms with Gasteiger partial charge >= 0.3 is 0 Å². The van der Waals surface area contributed by atoms with Gasteiger partial charge in [0.1, 0.15) is 6.61 Å². The summed E-state index contributed by atoms with van der Waals surface area (Å²) in [6.45, 7) is 16.0. The molecule has 0 amide bonds. The second-order valence-electron chi connectivity index (χ2n) is 8.41. The highest BCUT2D eigenvalue weighted by Crippen LogP contribution is 2.50. The first-order valence-corrected chi connectivity index (χ1v) is 10.3. The molecule has 2 fully saturated rings. The van der Waals surface area contributed by atoms with E-state index < -0.39 is 0 Å². The number of benzene rings is 1. The summed E-state index contributed by atoms with van der Waals surface area (Å²) in [7, 11) is 0. The van der Waals surface area contributed by atoms with Crippen LogP contribution < -0.4 is 0 Å². The molecule has 4 heteroatoms. The number of rotatable bonds is 8. The predicted octanol–water partition coefficient (Wildman–Crippen LogP) is 4.32. The Bertz CT molecular complexity index is 678. The summed E-state index contributed by atoms with van der Waals surface area (Å²) < 4.78 is 10.6. The zero-order valence-electron chi connectivity index (χ0n) is 17.1. The number of ether oxygens (including phenoxy) is 2. The highest BCUT2D eigenvalue weighted by molar-refractivity contribution is 5.37. The molecule has 0 N–H and O–H groups in total. The summed E-state index contributed by atoms with van der Waals surface area (Å²) in [4.78, 5) is 13.2. The number of allylic oxidation sites excluding steroid dienone is 1. The second kappa shape index (κ2) is 9.53. The van der Waals surface area contributed by atoms with Gasteiger partial charge in [-0.2, -0.15) is 0 Å². The van der Waals surface area contributed by atoms with Crippen LogP contribution in [0.4, 0.5) is 0 Å². The van der Waals surface area contributed by atoms with Crippen molar-refractivity contribution in [3.63, 3.8) is 0 Å². The van der Waals surface area contributed by atoms with E-state index in [0.717, 1.165) is 52.1 Å². The van der Waals surface area contributed by atoms with E-state index in [2.05, 4.69) is 49.2 Å². The van der Waals surface area contributed by atoms with Crippen molar-refractivity contribution in [3.8, 4) is 0 Å². The quantitative estimate of drug-likeness (QED) is 0.495. The van der Waals surface area contributed by atoms with Crippen molar-refractivity contribution in [1.29, 1.82) is 0 Å². The van der Waals surface area contributed by atoms with E-state index in [1.54, 1.807) is 0 Å². The Morgan fingerprint density at radius 2 is 2.04 bits per heavy atom. The Labute approximate surface area is 169 Å². The van der Waals surface area contributed by atoms with Gasteiger partial charge in [-0.3, -0.25) is 9.69 Å². The Kier molecular flexibility index (Phi) is 7.08. The van der Waals surface area contributed by atoms with Crippen molar-refractivity contribution < 1.29 is 14.3 Å². The third-order valence-corrected chi connectivity index (χ3v) is 6.49. The van der Waals surface area contributed by atoms with Gasteiger partial charge in [0, 0.05) is 25.0 Å². The number of morpholine rings is 1. The minimum Gasteiger partial charge on any atom is -0.467 e. The van der Waals surface area contributed by atoms with Crippen LogP contribution in [0.15, 0.2) is 49.1 Å². The molecular weight excluding hydrogens is 350 g/mol. The third-order valence-electron chi connectivity index (χ3n) is 6.49.